The summed E-state index contributed by atoms with van der Waals surface area (Å²) < 4.78 is 5.45. The normalized spacial score (nSPS) is 12.5. The topological polar surface area (TPSA) is 55.0 Å². The fourth-order valence-electron chi connectivity index (χ4n) is 1.12. The van der Waals surface area contributed by atoms with Crippen molar-refractivity contribution in [2.45, 2.75) is 32.8 Å². The molecule has 0 radical (unpaired) electrons. The summed E-state index contributed by atoms with van der Waals surface area (Å²) in [5.74, 6) is 0.532. The molecule has 0 spiro atoms. The van der Waals surface area contributed by atoms with Gasteiger partial charge in [-0.2, -0.15) is 5.10 Å². The van der Waals surface area contributed by atoms with Gasteiger partial charge in [-0.15, -0.1) is 0 Å². The van der Waals surface area contributed by atoms with E-state index in [9.17, 15) is 4.79 Å². The molecular weight excluding hydrogens is 168 g/mol. The number of ether oxygens (including phenoxy) is 1. The van der Waals surface area contributed by atoms with Crippen LogP contribution in [0.15, 0.2) is 17.1 Å². The molecule has 0 aromatic carbocycles. The molecule has 1 aromatic rings. The minimum atomic E-state index is -0.235. The quantitative estimate of drug-likeness (QED) is 0.764. The summed E-state index contributed by atoms with van der Waals surface area (Å²) in [6.45, 7) is 4.07. The van der Waals surface area contributed by atoms with Crippen LogP contribution < -0.4 is 10.3 Å². The Labute approximate surface area is 76.9 Å². The number of aromatic nitrogens is 2. The van der Waals surface area contributed by atoms with Gasteiger partial charge in [0, 0.05) is 6.07 Å². The molecule has 4 nitrogen and oxygen atoms in total. The fraction of sp³-hybridized carbons (Fsp3) is 0.556. The Morgan fingerprint density at radius 3 is 3.08 bits per heavy atom. The van der Waals surface area contributed by atoms with Crippen molar-refractivity contribution < 1.29 is 4.74 Å². The number of aromatic amines is 1. The van der Waals surface area contributed by atoms with Crippen LogP contribution in [0.4, 0.5) is 0 Å². The van der Waals surface area contributed by atoms with Crippen molar-refractivity contribution in [3.05, 3.63) is 22.6 Å². The van der Waals surface area contributed by atoms with Crippen molar-refractivity contribution >= 4 is 0 Å². The van der Waals surface area contributed by atoms with Crippen molar-refractivity contribution in [1.29, 1.82) is 0 Å². The number of nitrogens with one attached hydrogen (secondary N) is 1. The van der Waals surface area contributed by atoms with Crippen LogP contribution in [-0.2, 0) is 0 Å². The van der Waals surface area contributed by atoms with E-state index in [-0.39, 0.29) is 11.7 Å². The van der Waals surface area contributed by atoms with Gasteiger partial charge < -0.3 is 4.74 Å². The van der Waals surface area contributed by atoms with Crippen LogP contribution in [0.3, 0.4) is 0 Å². The molecule has 1 N–H and O–H groups in total. The molecule has 1 heterocycles. The molecule has 0 saturated heterocycles. The molecular formula is C9H14N2O2. The smallest absolute Gasteiger partial charge is 0.267 e. The Balaban J connectivity index is 2.58. The van der Waals surface area contributed by atoms with Gasteiger partial charge in [-0.3, -0.25) is 4.79 Å². The number of H-pyrrole nitrogens is 1. The maximum absolute atomic E-state index is 10.8. The molecule has 0 aliphatic heterocycles. The molecule has 0 aliphatic carbocycles. The van der Waals surface area contributed by atoms with E-state index >= 15 is 0 Å². The van der Waals surface area contributed by atoms with Crippen LogP contribution in [0, 0.1) is 0 Å². The lowest BCUT2D eigenvalue weighted by Crippen LogP contribution is -2.14. The van der Waals surface area contributed by atoms with Crippen molar-refractivity contribution in [2.24, 2.45) is 0 Å². The summed E-state index contributed by atoms with van der Waals surface area (Å²) in [7, 11) is 0. The highest BCUT2D eigenvalue weighted by molar-refractivity contribution is 5.13. The molecule has 0 amide bonds. The molecule has 0 bridgehead atoms. The second kappa shape index (κ2) is 4.64. The molecule has 1 atom stereocenters. The van der Waals surface area contributed by atoms with Gasteiger partial charge in [0.15, 0.2) is 0 Å². The Bertz CT molecular complexity index is 308. The molecule has 1 unspecified atom stereocenters. The number of rotatable bonds is 4. The first-order chi connectivity index (χ1) is 6.22. The highest BCUT2D eigenvalue weighted by Gasteiger charge is 2.02. The molecule has 13 heavy (non-hydrogen) atoms. The van der Waals surface area contributed by atoms with Crippen LogP contribution in [-0.4, -0.2) is 16.3 Å². The van der Waals surface area contributed by atoms with Gasteiger partial charge >= 0.3 is 0 Å². The molecule has 72 valence electrons. The molecule has 0 aliphatic rings. The zero-order valence-electron chi connectivity index (χ0n) is 7.91. The number of hydrogen-bond donors (Lipinski definition) is 1. The Hall–Kier alpha value is -1.32. The summed E-state index contributed by atoms with van der Waals surface area (Å²) in [6.07, 6.45) is 3.69. The Morgan fingerprint density at radius 2 is 2.46 bits per heavy atom. The van der Waals surface area contributed by atoms with E-state index in [2.05, 4.69) is 17.1 Å². The lowest BCUT2D eigenvalue weighted by molar-refractivity contribution is 0.208. The summed E-state index contributed by atoms with van der Waals surface area (Å²) >= 11 is 0. The van der Waals surface area contributed by atoms with Gasteiger partial charge in [-0.05, 0) is 13.3 Å². The van der Waals surface area contributed by atoms with Gasteiger partial charge in [0.05, 0.1) is 12.3 Å². The molecule has 0 saturated carbocycles. The maximum Gasteiger partial charge on any atom is 0.267 e. The van der Waals surface area contributed by atoms with E-state index < -0.39 is 0 Å². The van der Waals surface area contributed by atoms with E-state index in [0.717, 1.165) is 12.8 Å². The average Bonchev–Trinajstić information content (AvgIpc) is 2.04. The van der Waals surface area contributed by atoms with Gasteiger partial charge in [0.1, 0.15) is 5.75 Å². The standard InChI is InChI=1S/C9H14N2O2/c1-3-4-7(2)13-8-5-9(12)11-10-6-8/h5-7H,3-4H2,1-2H3,(H,11,12). The molecule has 4 heteroatoms. The largest absolute Gasteiger partial charge is 0.489 e. The highest BCUT2D eigenvalue weighted by Crippen LogP contribution is 2.08. The van der Waals surface area contributed by atoms with Crippen molar-refractivity contribution in [2.75, 3.05) is 0 Å². The van der Waals surface area contributed by atoms with Crippen LogP contribution in [0.25, 0.3) is 0 Å². The Kier molecular flexibility index (Phi) is 3.49. The third-order valence-electron chi connectivity index (χ3n) is 1.67. The van der Waals surface area contributed by atoms with E-state index in [4.69, 9.17) is 4.74 Å². The van der Waals surface area contributed by atoms with Crippen molar-refractivity contribution in [3.8, 4) is 5.75 Å². The Morgan fingerprint density at radius 1 is 1.69 bits per heavy atom. The highest BCUT2D eigenvalue weighted by atomic mass is 16.5. The van der Waals surface area contributed by atoms with Crippen LogP contribution in [0.1, 0.15) is 26.7 Å². The van der Waals surface area contributed by atoms with Crippen LogP contribution in [0.2, 0.25) is 0 Å². The minimum absolute atomic E-state index is 0.133. The number of hydrogen-bond acceptors (Lipinski definition) is 3. The first-order valence-electron chi connectivity index (χ1n) is 4.43. The zero-order valence-corrected chi connectivity index (χ0v) is 7.91. The van der Waals surface area contributed by atoms with Crippen molar-refractivity contribution in [1.82, 2.24) is 10.2 Å². The molecule has 1 aromatic heterocycles. The average molecular weight is 182 g/mol. The van der Waals surface area contributed by atoms with Crippen molar-refractivity contribution in [3.63, 3.8) is 0 Å². The summed E-state index contributed by atoms with van der Waals surface area (Å²) in [5.41, 5.74) is -0.235. The van der Waals surface area contributed by atoms with E-state index in [0.29, 0.717) is 5.75 Å². The van der Waals surface area contributed by atoms with Gasteiger partial charge in [-0.25, -0.2) is 5.10 Å². The molecule has 1 rings (SSSR count). The monoisotopic (exact) mass is 182 g/mol. The van der Waals surface area contributed by atoms with E-state index in [1.807, 2.05) is 6.92 Å². The third-order valence-corrected chi connectivity index (χ3v) is 1.67. The maximum atomic E-state index is 10.8. The first-order valence-corrected chi connectivity index (χ1v) is 4.43. The fourth-order valence-corrected chi connectivity index (χ4v) is 1.12. The van der Waals surface area contributed by atoms with Gasteiger partial charge in [0.25, 0.3) is 5.56 Å². The zero-order chi connectivity index (χ0) is 9.68. The second-order valence-corrected chi connectivity index (χ2v) is 3.00. The SMILES string of the molecule is CCCC(C)Oc1cn[nH]c(=O)c1. The first kappa shape index (κ1) is 9.77. The molecule has 0 fully saturated rings. The lowest BCUT2D eigenvalue weighted by Gasteiger charge is -2.12. The second-order valence-electron chi connectivity index (χ2n) is 3.00. The minimum Gasteiger partial charge on any atom is -0.489 e. The van der Waals surface area contributed by atoms with Gasteiger partial charge in [-0.1, -0.05) is 13.3 Å². The predicted octanol–water partition coefficient (Wildman–Crippen LogP) is 1.34. The number of nitrogens with zero attached hydrogens (tertiary/aromatic N) is 1. The summed E-state index contributed by atoms with van der Waals surface area (Å²) in [5, 5.41) is 5.93. The van der Waals surface area contributed by atoms with Gasteiger partial charge in [0.2, 0.25) is 0 Å². The summed E-state index contributed by atoms with van der Waals surface area (Å²) in [6, 6.07) is 1.40. The summed E-state index contributed by atoms with van der Waals surface area (Å²) in [4.78, 5) is 10.8. The third kappa shape index (κ3) is 3.27. The predicted molar refractivity (Wildman–Crippen MR) is 49.9 cm³/mol. The van der Waals surface area contributed by atoms with E-state index in [1.165, 1.54) is 12.3 Å². The van der Waals surface area contributed by atoms with E-state index in [1.54, 1.807) is 0 Å². The van der Waals surface area contributed by atoms with Crippen LogP contribution in [0.5, 0.6) is 5.75 Å². The lowest BCUT2D eigenvalue weighted by atomic mass is 10.2. The van der Waals surface area contributed by atoms with Crippen LogP contribution >= 0.6 is 0 Å².